The maximum absolute atomic E-state index is 6.25. The molecule has 2 aliphatic rings. The predicted octanol–water partition coefficient (Wildman–Crippen LogP) is 12.8. The van der Waals surface area contributed by atoms with E-state index in [-0.39, 0.29) is 0 Å². The van der Waals surface area contributed by atoms with Crippen molar-refractivity contribution >= 4 is 56.5 Å². The summed E-state index contributed by atoms with van der Waals surface area (Å²) in [7, 11) is -1.70. The molecule has 0 aliphatic heterocycles. The Kier molecular flexibility index (Phi) is 23.9. The third-order valence-corrected chi connectivity index (χ3v) is 12.1. The van der Waals surface area contributed by atoms with E-state index in [1.807, 2.05) is 0 Å². The number of halogens is 2. The van der Waals surface area contributed by atoms with Gasteiger partial charge in [-0.3, -0.25) is 9.98 Å². The third-order valence-electron chi connectivity index (χ3n) is 9.96. The predicted molar refractivity (Wildman–Crippen MR) is 209 cm³/mol. The van der Waals surface area contributed by atoms with Crippen molar-refractivity contribution in [3.63, 3.8) is 0 Å². The van der Waals surface area contributed by atoms with Crippen LogP contribution in [0.15, 0.2) is 9.98 Å². The fourth-order valence-electron chi connectivity index (χ4n) is 7.41. The van der Waals surface area contributed by atoms with Gasteiger partial charge < -0.3 is 8.85 Å². The summed E-state index contributed by atoms with van der Waals surface area (Å²) < 4.78 is 12.5. The van der Waals surface area contributed by atoms with Gasteiger partial charge in [0, 0.05) is 13.2 Å². The van der Waals surface area contributed by atoms with Crippen LogP contribution in [-0.2, 0) is 19.7 Å². The Morgan fingerprint density at radius 1 is 0.578 bits per heavy atom. The van der Waals surface area contributed by atoms with Crippen molar-refractivity contribution in [1.29, 1.82) is 0 Å². The summed E-state index contributed by atoms with van der Waals surface area (Å²) in [5, 5.41) is 0. The van der Waals surface area contributed by atoms with Gasteiger partial charge in [-0.15, -0.1) is 0 Å². The molecule has 4 unspecified atom stereocenters. The summed E-state index contributed by atoms with van der Waals surface area (Å²) in [5.41, 5.74) is 2.74. The molecule has 2 fully saturated rings. The molecule has 0 radical (unpaired) electrons. The Morgan fingerprint density at radius 2 is 0.867 bits per heavy atom. The van der Waals surface area contributed by atoms with Gasteiger partial charge in [-0.05, 0) is 127 Å². The summed E-state index contributed by atoms with van der Waals surface area (Å²) >= 11 is 6.00. The molecule has 0 bridgehead atoms. The first-order valence-corrected chi connectivity index (χ1v) is 30.3. The number of hydrogen-bond acceptors (Lipinski definition) is 4. The van der Waals surface area contributed by atoms with Crippen LogP contribution in [0.3, 0.4) is 0 Å². The van der Waals surface area contributed by atoms with Gasteiger partial charge in [-0.2, -0.15) is 0 Å². The van der Waals surface area contributed by atoms with Crippen LogP contribution in [0.25, 0.3) is 0 Å². The zero-order valence-corrected chi connectivity index (χ0v) is 37.1. The standard InChI is InChI=1S/C36H72N2O2Si2.2BrH.Ni/c1-11-29-21-19-22-30(12-2)35(29)37-33(25-15-17-27-39-41(5,6)7)34(26-16-18-28-40-42(8,9)10)38-36-31(13-3)23-20-24-32(36)14-4;;;/h29-32,35-36H,11-28H2,1-10H3;2*1H;/q;;;+2/p-2. The quantitative estimate of drug-likeness (QED) is 0.0739. The topological polar surface area (TPSA) is 43.2 Å². The summed E-state index contributed by atoms with van der Waals surface area (Å²) in [6, 6.07) is 0.940. The van der Waals surface area contributed by atoms with Gasteiger partial charge in [-0.25, -0.2) is 0 Å². The Morgan fingerprint density at radius 3 is 1.11 bits per heavy atom. The average molecular weight is 840 g/mol. The second kappa shape index (κ2) is 24.3. The van der Waals surface area contributed by atoms with E-state index in [4.69, 9.17) is 18.8 Å². The summed E-state index contributed by atoms with van der Waals surface area (Å²) in [6.45, 7) is 25.2. The zero-order valence-electron chi connectivity index (χ0n) is 31.0. The first kappa shape index (κ1) is 44.2. The molecule has 0 aromatic heterocycles. The van der Waals surface area contributed by atoms with Crippen molar-refractivity contribution in [2.45, 2.75) is 182 Å². The molecular formula is C36H72Br2N2NiO2Si2. The van der Waals surface area contributed by atoms with Gasteiger partial charge in [0.05, 0.1) is 23.5 Å². The molecule has 4 atom stereocenters. The molecule has 270 valence electrons. The number of hydrogen-bond donors (Lipinski definition) is 0. The molecule has 2 rings (SSSR count). The first-order valence-electron chi connectivity index (χ1n) is 18.6. The van der Waals surface area contributed by atoms with Crippen LogP contribution in [-0.4, -0.2) is 53.4 Å². The zero-order chi connectivity index (χ0) is 33.9. The minimum atomic E-state index is -1.47. The summed E-state index contributed by atoms with van der Waals surface area (Å²) in [4.78, 5) is 11.6. The second-order valence-electron chi connectivity index (χ2n) is 15.5. The third kappa shape index (κ3) is 18.6. The van der Waals surface area contributed by atoms with Crippen molar-refractivity contribution in [3.05, 3.63) is 0 Å². The van der Waals surface area contributed by atoms with Crippen molar-refractivity contribution in [3.8, 4) is 0 Å². The van der Waals surface area contributed by atoms with Crippen molar-refractivity contribution < 1.29 is 19.7 Å². The van der Waals surface area contributed by atoms with E-state index in [0.29, 0.717) is 12.1 Å². The normalized spacial score (nSPS) is 26.9. The maximum atomic E-state index is 6.25. The molecule has 0 saturated heterocycles. The number of unbranched alkanes of at least 4 members (excludes halogenated alkanes) is 2. The number of rotatable bonds is 19. The molecule has 45 heavy (non-hydrogen) atoms. The monoisotopic (exact) mass is 836 g/mol. The van der Waals surface area contributed by atoms with Crippen LogP contribution in [0.2, 0.25) is 39.3 Å². The van der Waals surface area contributed by atoms with Crippen LogP contribution in [0, 0.1) is 23.7 Å². The molecule has 0 amide bonds. The van der Waals surface area contributed by atoms with Crippen LogP contribution < -0.4 is 0 Å². The minimum absolute atomic E-state index is 0.470. The number of nitrogens with zero attached hydrogens (tertiary/aromatic N) is 2. The molecule has 0 heterocycles. The van der Waals surface area contributed by atoms with Gasteiger partial charge in [0.2, 0.25) is 0 Å². The first-order chi connectivity index (χ1) is 21.3. The Balaban J connectivity index is 0.00000324. The molecule has 4 nitrogen and oxygen atoms in total. The van der Waals surface area contributed by atoms with Gasteiger partial charge in [0.1, 0.15) is 0 Å². The van der Waals surface area contributed by atoms with E-state index >= 15 is 0 Å². The van der Waals surface area contributed by atoms with Gasteiger partial charge in [0.15, 0.2) is 16.6 Å². The van der Waals surface area contributed by atoms with Crippen LogP contribution in [0.1, 0.15) is 130 Å². The molecule has 0 aromatic rings. The Hall–Kier alpha value is 1.15. The summed E-state index contributed by atoms with van der Waals surface area (Å²) in [5.74, 6) is 2.90. The van der Waals surface area contributed by atoms with Crippen molar-refractivity contribution in [2.24, 2.45) is 33.7 Å². The molecule has 9 heteroatoms. The number of aliphatic imine (C=N–C) groups is 2. The van der Waals surface area contributed by atoms with Crippen LogP contribution in [0.5, 0.6) is 0 Å². The fourth-order valence-corrected chi connectivity index (χ4v) is 8.93. The SMILES string of the molecule is CCC1CCCC(CC)C1N=C(CCCCO[Si](C)(C)C)C(CCCCO[Si](C)(C)C)=NC1C(CC)CCCC1CC.[Br][Ni][Br]. The van der Waals surface area contributed by atoms with E-state index in [9.17, 15) is 0 Å². The molecule has 0 N–H and O–H groups in total. The second-order valence-corrected chi connectivity index (χ2v) is 29.6. The Labute approximate surface area is 302 Å². The van der Waals surface area contributed by atoms with E-state index in [2.05, 4.69) is 95.4 Å². The van der Waals surface area contributed by atoms with E-state index in [1.54, 1.807) is 0 Å². The average Bonchev–Trinajstić information content (AvgIpc) is 2.98. The molecule has 0 aromatic carbocycles. The van der Waals surface area contributed by atoms with Crippen molar-refractivity contribution in [2.75, 3.05) is 13.2 Å². The van der Waals surface area contributed by atoms with Crippen LogP contribution in [0.4, 0.5) is 0 Å². The Bertz CT molecular complexity index is 745. The molecule has 2 aliphatic carbocycles. The van der Waals surface area contributed by atoms with E-state index < -0.39 is 16.6 Å². The van der Waals surface area contributed by atoms with Crippen LogP contribution >= 0.6 is 28.5 Å². The van der Waals surface area contributed by atoms with Gasteiger partial charge in [-0.1, -0.05) is 66.2 Å². The van der Waals surface area contributed by atoms with Crippen molar-refractivity contribution in [1.82, 2.24) is 0 Å². The van der Waals surface area contributed by atoms with Gasteiger partial charge in [0.25, 0.3) is 0 Å². The fraction of sp³-hybridized carbons (Fsp3) is 0.944. The summed E-state index contributed by atoms with van der Waals surface area (Å²) in [6.07, 6.45) is 19.8. The molecular weight excluding hydrogens is 767 g/mol. The van der Waals surface area contributed by atoms with E-state index in [0.717, 1.165) is 75.4 Å². The molecule has 2 saturated carbocycles. The van der Waals surface area contributed by atoms with E-state index in [1.165, 1.54) is 86.5 Å². The van der Waals surface area contributed by atoms with Gasteiger partial charge >= 0.3 is 39.3 Å². The molecule has 0 spiro atoms.